The van der Waals surface area contributed by atoms with E-state index in [2.05, 4.69) is 19.3 Å². The van der Waals surface area contributed by atoms with Gasteiger partial charge < -0.3 is 15.9 Å². The summed E-state index contributed by atoms with van der Waals surface area (Å²) in [5, 5.41) is 18.6. The van der Waals surface area contributed by atoms with Gasteiger partial charge in [-0.05, 0) is 33.9 Å². The quantitative estimate of drug-likeness (QED) is 0.0406. The Labute approximate surface area is 315 Å². The van der Waals surface area contributed by atoms with Gasteiger partial charge in [-0.25, -0.2) is 5.01 Å². The Balaban J connectivity index is -0.000000312. The number of primary amides is 1. The third-order valence-corrected chi connectivity index (χ3v) is 8.56. The zero-order valence-corrected chi connectivity index (χ0v) is 34.9. The van der Waals surface area contributed by atoms with Crippen molar-refractivity contribution < 1.29 is 29.4 Å². The van der Waals surface area contributed by atoms with Crippen molar-refractivity contribution in [3.8, 4) is 0 Å². The number of hydrazine groups is 1. The first-order chi connectivity index (χ1) is 24.2. The molecule has 0 aromatic heterocycles. The van der Waals surface area contributed by atoms with Gasteiger partial charge in [0.05, 0.1) is 6.04 Å². The van der Waals surface area contributed by atoms with Gasteiger partial charge in [0.2, 0.25) is 11.8 Å². The van der Waals surface area contributed by atoms with Crippen LogP contribution in [0.5, 0.6) is 0 Å². The Morgan fingerprint density at radius 1 is 0.510 bits per heavy atom. The van der Waals surface area contributed by atoms with Gasteiger partial charge in [0, 0.05) is 33.9 Å². The largest absolute Gasteiger partial charge is 0.481 e. The highest BCUT2D eigenvalue weighted by molar-refractivity contribution is 5.79. The zero-order chi connectivity index (χ0) is 39.5. The highest BCUT2D eigenvalue weighted by Crippen LogP contribution is 2.14. The van der Waals surface area contributed by atoms with Gasteiger partial charge in [0.15, 0.2) is 0 Å². The SMILES string of the molecule is CC(=O)NN(C)C.CC(C(N)=O)N(C)C.CCCCCCCCCCCCCCCC(=O)O.CCCCCCCCCCCCCCCC(=O)O. The summed E-state index contributed by atoms with van der Waals surface area (Å²) in [4.78, 5) is 42.8. The van der Waals surface area contributed by atoms with E-state index in [4.69, 9.17) is 15.9 Å². The van der Waals surface area contributed by atoms with Crippen LogP contribution in [0, 0.1) is 0 Å². The highest BCUT2D eigenvalue weighted by atomic mass is 16.4. The summed E-state index contributed by atoms with van der Waals surface area (Å²) < 4.78 is 0. The van der Waals surface area contributed by atoms with Gasteiger partial charge in [-0.3, -0.25) is 29.5 Å². The van der Waals surface area contributed by atoms with E-state index < -0.39 is 11.9 Å². The fraction of sp³-hybridized carbons (Fsp3) is 0.902. The number of nitrogens with zero attached hydrogens (tertiary/aromatic N) is 2. The second-order valence-corrected chi connectivity index (χ2v) is 14.4. The molecule has 0 aliphatic carbocycles. The van der Waals surface area contributed by atoms with Gasteiger partial charge in [-0.1, -0.05) is 168 Å². The molecule has 0 aromatic rings. The van der Waals surface area contributed by atoms with Gasteiger partial charge in [-0.15, -0.1) is 0 Å². The fourth-order valence-electron chi connectivity index (χ4n) is 5.16. The molecule has 0 saturated carbocycles. The van der Waals surface area contributed by atoms with E-state index in [1.807, 2.05) is 14.1 Å². The first-order valence-electron chi connectivity index (χ1n) is 20.6. The molecule has 10 heteroatoms. The number of carbonyl (C=O) groups is 4. The second-order valence-electron chi connectivity index (χ2n) is 14.4. The van der Waals surface area contributed by atoms with Crippen LogP contribution in [-0.2, 0) is 19.2 Å². The maximum Gasteiger partial charge on any atom is 0.303 e. The molecule has 0 aliphatic heterocycles. The monoisotopic (exact) mass is 731 g/mol. The molecular formula is C41H86N4O6. The third-order valence-electron chi connectivity index (χ3n) is 8.56. The average Bonchev–Trinajstić information content (AvgIpc) is 3.05. The maximum absolute atomic E-state index is 10.3. The van der Waals surface area contributed by atoms with E-state index >= 15 is 0 Å². The summed E-state index contributed by atoms with van der Waals surface area (Å²) in [6.07, 6.45) is 34.5. The number of unbranched alkanes of at least 4 members (excludes halogenated alkanes) is 24. The normalized spacial score (nSPS) is 11.0. The highest BCUT2D eigenvalue weighted by Gasteiger charge is 2.08. The fourth-order valence-corrected chi connectivity index (χ4v) is 5.16. The Bertz CT molecular complexity index is 724. The minimum atomic E-state index is -0.655. The number of carboxylic acid groups (broad SMARTS) is 2. The molecule has 0 aromatic carbocycles. The molecule has 1 atom stereocenters. The first kappa shape index (κ1) is 55.6. The van der Waals surface area contributed by atoms with Crippen molar-refractivity contribution in [3.05, 3.63) is 0 Å². The van der Waals surface area contributed by atoms with Crippen LogP contribution < -0.4 is 11.2 Å². The molecule has 51 heavy (non-hydrogen) atoms. The van der Waals surface area contributed by atoms with E-state index in [1.54, 1.807) is 30.9 Å². The lowest BCUT2D eigenvalue weighted by Crippen LogP contribution is -2.37. The number of likely N-dealkylation sites (N-methyl/N-ethyl adjacent to an activating group) is 1. The topological polar surface area (TPSA) is 153 Å². The molecule has 0 heterocycles. The Morgan fingerprint density at radius 2 is 0.745 bits per heavy atom. The number of nitrogens with one attached hydrogen (secondary N) is 1. The molecule has 0 saturated heterocycles. The summed E-state index contributed by atoms with van der Waals surface area (Å²) in [5.74, 6) is -1.63. The van der Waals surface area contributed by atoms with Crippen molar-refractivity contribution in [3.63, 3.8) is 0 Å². The number of carbonyl (C=O) groups excluding carboxylic acids is 2. The molecular weight excluding hydrogens is 644 g/mol. The summed E-state index contributed by atoms with van der Waals surface area (Å²) in [6, 6.07) is -0.157. The number of aliphatic carboxylic acids is 2. The van der Waals surface area contributed by atoms with E-state index in [-0.39, 0.29) is 17.9 Å². The minimum Gasteiger partial charge on any atom is -0.481 e. The van der Waals surface area contributed by atoms with E-state index in [1.165, 1.54) is 148 Å². The van der Waals surface area contributed by atoms with Crippen LogP contribution in [0.1, 0.15) is 207 Å². The lowest BCUT2D eigenvalue weighted by molar-refractivity contribution is -0.138. The molecule has 5 N–H and O–H groups in total. The van der Waals surface area contributed by atoms with Gasteiger partial charge in [0.1, 0.15) is 0 Å². The second kappa shape index (κ2) is 45.8. The van der Waals surface area contributed by atoms with Crippen LogP contribution in [-0.4, -0.2) is 78.1 Å². The zero-order valence-electron chi connectivity index (χ0n) is 34.9. The van der Waals surface area contributed by atoms with E-state index in [9.17, 15) is 19.2 Å². The molecule has 1 unspecified atom stereocenters. The number of nitrogens with two attached hydrogens (primary N) is 1. The Kier molecular flexibility index (Phi) is 49.9. The molecule has 0 fully saturated rings. The van der Waals surface area contributed by atoms with E-state index in [0.29, 0.717) is 12.8 Å². The lowest BCUT2D eigenvalue weighted by Gasteiger charge is -2.14. The van der Waals surface area contributed by atoms with Crippen LogP contribution in [0.25, 0.3) is 0 Å². The van der Waals surface area contributed by atoms with Crippen molar-refractivity contribution in [2.45, 2.75) is 214 Å². The number of amides is 2. The summed E-state index contributed by atoms with van der Waals surface area (Å²) >= 11 is 0. The van der Waals surface area contributed by atoms with Crippen molar-refractivity contribution in [1.29, 1.82) is 0 Å². The molecule has 0 aliphatic rings. The molecule has 10 nitrogen and oxygen atoms in total. The number of carboxylic acids is 2. The lowest BCUT2D eigenvalue weighted by atomic mass is 10.0. The Hall–Kier alpha value is -2.20. The first-order valence-corrected chi connectivity index (χ1v) is 20.6. The molecule has 2 amide bonds. The molecule has 306 valence electrons. The summed E-state index contributed by atoms with van der Waals surface area (Å²) in [5.41, 5.74) is 7.46. The molecule has 0 rings (SSSR count). The Morgan fingerprint density at radius 3 is 0.863 bits per heavy atom. The van der Waals surface area contributed by atoms with Crippen LogP contribution in [0.15, 0.2) is 0 Å². The summed E-state index contributed by atoms with van der Waals surface area (Å²) in [6.45, 7) is 7.76. The average molecular weight is 731 g/mol. The molecule has 0 radical (unpaired) electrons. The van der Waals surface area contributed by atoms with Gasteiger partial charge in [0.25, 0.3) is 0 Å². The maximum atomic E-state index is 10.3. The van der Waals surface area contributed by atoms with Crippen LogP contribution in [0.4, 0.5) is 0 Å². The van der Waals surface area contributed by atoms with Crippen molar-refractivity contribution >= 4 is 23.8 Å². The number of rotatable bonds is 31. The van der Waals surface area contributed by atoms with Gasteiger partial charge >= 0.3 is 11.9 Å². The minimum absolute atomic E-state index is 0.0370. The van der Waals surface area contributed by atoms with Crippen molar-refractivity contribution in [2.24, 2.45) is 5.73 Å². The van der Waals surface area contributed by atoms with Crippen molar-refractivity contribution in [2.75, 3.05) is 28.2 Å². The third kappa shape index (κ3) is 63.3. The van der Waals surface area contributed by atoms with Gasteiger partial charge in [-0.2, -0.15) is 0 Å². The van der Waals surface area contributed by atoms with Crippen LogP contribution in [0.3, 0.4) is 0 Å². The number of hydrogen-bond donors (Lipinski definition) is 4. The smallest absolute Gasteiger partial charge is 0.303 e. The van der Waals surface area contributed by atoms with E-state index in [0.717, 1.165) is 25.7 Å². The predicted molar refractivity (Wildman–Crippen MR) is 216 cm³/mol. The predicted octanol–water partition coefficient (Wildman–Crippen LogP) is 10.1. The molecule has 0 spiro atoms. The van der Waals surface area contributed by atoms with Crippen molar-refractivity contribution in [1.82, 2.24) is 15.3 Å². The van der Waals surface area contributed by atoms with Crippen LogP contribution in [0.2, 0.25) is 0 Å². The summed E-state index contributed by atoms with van der Waals surface area (Å²) in [7, 11) is 7.16. The standard InChI is InChI=1S/2C16H32O2.C5H12N2O.C4H10N2O/c2*1-2-3-4-5-6-7-8-9-10-11-12-13-14-15-16(17)18;1-4(5(6)8)7(2)3;1-4(7)5-6(2)3/h2*2-15H2,1H3,(H,17,18);4H,1-3H3,(H2,6,8);1-3H3,(H,5,7). The number of hydrogen-bond acceptors (Lipinski definition) is 6. The molecule has 0 bridgehead atoms. The van der Waals surface area contributed by atoms with Crippen LogP contribution >= 0.6 is 0 Å².